The number of alkyl halides is 4. The van der Waals surface area contributed by atoms with E-state index in [9.17, 15) is 18.0 Å². The molecule has 0 unspecified atom stereocenters. The van der Waals surface area contributed by atoms with E-state index in [-0.39, 0.29) is 14.8 Å². The van der Waals surface area contributed by atoms with Crippen molar-refractivity contribution in [3.63, 3.8) is 0 Å². The molecule has 0 radical (unpaired) electrons. The SMILES string of the molecule is O=C(O)c1c(I)ncc(OC(F)(F)F)c1CCl. The number of carbonyl (C=O) groups is 1. The molecule has 4 nitrogen and oxygen atoms in total. The predicted octanol–water partition coefficient (Wildman–Crippen LogP) is 3.02. The van der Waals surface area contributed by atoms with Crippen LogP contribution in [0.2, 0.25) is 0 Å². The second kappa shape index (κ2) is 5.25. The predicted molar refractivity (Wildman–Crippen MR) is 60.2 cm³/mol. The highest BCUT2D eigenvalue weighted by molar-refractivity contribution is 14.1. The molecule has 1 heterocycles. The smallest absolute Gasteiger partial charge is 0.478 e. The zero-order valence-corrected chi connectivity index (χ0v) is 10.8. The van der Waals surface area contributed by atoms with Gasteiger partial charge in [0.25, 0.3) is 0 Å². The standard InChI is InChI=1S/C8H4ClF3INO3/c9-1-3-4(17-8(10,11)12)2-14-6(13)5(3)7(15)16/h2H,1H2,(H,15,16). The van der Waals surface area contributed by atoms with E-state index in [1.54, 1.807) is 22.6 Å². The number of hydrogen-bond donors (Lipinski definition) is 1. The number of nitrogens with zero attached hydrogens (tertiary/aromatic N) is 1. The van der Waals surface area contributed by atoms with E-state index < -0.39 is 24.0 Å². The van der Waals surface area contributed by atoms with E-state index in [4.69, 9.17) is 16.7 Å². The quantitative estimate of drug-likeness (QED) is 0.497. The zero-order valence-electron chi connectivity index (χ0n) is 7.89. The Morgan fingerprint density at radius 3 is 2.59 bits per heavy atom. The van der Waals surface area contributed by atoms with Gasteiger partial charge in [-0.05, 0) is 22.6 Å². The Balaban J connectivity index is 3.33. The maximum absolute atomic E-state index is 12.0. The molecule has 0 aromatic carbocycles. The molecule has 1 aromatic heterocycles. The lowest BCUT2D eigenvalue weighted by Crippen LogP contribution is -2.19. The van der Waals surface area contributed by atoms with Gasteiger partial charge in [-0.25, -0.2) is 9.78 Å². The van der Waals surface area contributed by atoms with Crippen molar-refractivity contribution < 1.29 is 27.8 Å². The highest BCUT2D eigenvalue weighted by Crippen LogP contribution is 2.31. The molecule has 9 heteroatoms. The Morgan fingerprint density at radius 1 is 1.59 bits per heavy atom. The first-order valence-electron chi connectivity index (χ1n) is 3.98. The molecule has 0 saturated heterocycles. The van der Waals surface area contributed by atoms with Crippen LogP contribution >= 0.6 is 34.2 Å². The van der Waals surface area contributed by atoms with Crippen LogP contribution in [0.5, 0.6) is 5.75 Å². The van der Waals surface area contributed by atoms with Crippen molar-refractivity contribution in [2.45, 2.75) is 12.2 Å². The van der Waals surface area contributed by atoms with Crippen LogP contribution in [0.25, 0.3) is 0 Å². The molecule has 0 aliphatic heterocycles. The minimum absolute atomic E-state index is 0.0419. The summed E-state index contributed by atoms with van der Waals surface area (Å²) in [5.74, 6) is -2.54. The summed E-state index contributed by atoms with van der Waals surface area (Å²) in [4.78, 5) is 14.4. The number of aromatic nitrogens is 1. The van der Waals surface area contributed by atoms with Gasteiger partial charge in [0.1, 0.15) is 3.70 Å². The summed E-state index contributed by atoms with van der Waals surface area (Å²) in [5.41, 5.74) is -0.641. The third-order valence-corrected chi connectivity index (χ3v) is 2.76. The van der Waals surface area contributed by atoms with Crippen molar-refractivity contribution in [3.05, 3.63) is 21.0 Å². The largest absolute Gasteiger partial charge is 0.573 e. The monoisotopic (exact) mass is 381 g/mol. The normalized spacial score (nSPS) is 11.4. The van der Waals surface area contributed by atoms with Gasteiger partial charge < -0.3 is 9.84 Å². The van der Waals surface area contributed by atoms with Crippen molar-refractivity contribution in [1.82, 2.24) is 4.98 Å². The molecule has 1 N–H and O–H groups in total. The molecule has 0 bridgehead atoms. The lowest BCUT2D eigenvalue weighted by Gasteiger charge is -2.13. The molecular weight excluding hydrogens is 377 g/mol. The third-order valence-electron chi connectivity index (χ3n) is 1.67. The number of halogens is 5. The van der Waals surface area contributed by atoms with Crippen LogP contribution < -0.4 is 4.74 Å². The molecular formula is C8H4ClF3INO3. The van der Waals surface area contributed by atoms with E-state index in [2.05, 4.69) is 9.72 Å². The zero-order chi connectivity index (χ0) is 13.2. The molecule has 17 heavy (non-hydrogen) atoms. The van der Waals surface area contributed by atoms with Crippen LogP contribution in [0.4, 0.5) is 13.2 Å². The van der Waals surface area contributed by atoms with Crippen LogP contribution in [0.3, 0.4) is 0 Å². The number of ether oxygens (including phenoxy) is 1. The van der Waals surface area contributed by atoms with Gasteiger partial charge in [-0.3, -0.25) is 0 Å². The minimum atomic E-state index is -4.93. The van der Waals surface area contributed by atoms with E-state index in [1.807, 2.05) is 0 Å². The van der Waals surface area contributed by atoms with Crippen molar-refractivity contribution in [2.75, 3.05) is 0 Å². The highest BCUT2D eigenvalue weighted by atomic mass is 127. The van der Waals surface area contributed by atoms with Crippen LogP contribution in [-0.2, 0) is 5.88 Å². The van der Waals surface area contributed by atoms with Crippen LogP contribution in [-0.4, -0.2) is 22.4 Å². The first-order valence-corrected chi connectivity index (χ1v) is 5.60. The molecule has 0 spiro atoms. The van der Waals surface area contributed by atoms with E-state index >= 15 is 0 Å². The first kappa shape index (κ1) is 14.3. The summed E-state index contributed by atoms with van der Waals surface area (Å²) in [7, 11) is 0. The molecule has 0 atom stereocenters. The number of rotatable bonds is 3. The summed E-state index contributed by atoms with van der Waals surface area (Å²) >= 11 is 7.03. The Labute approximate surface area is 112 Å². The van der Waals surface area contributed by atoms with Crippen molar-refractivity contribution in [3.8, 4) is 5.75 Å². The second-order valence-electron chi connectivity index (χ2n) is 2.75. The van der Waals surface area contributed by atoms with Gasteiger partial charge in [0.15, 0.2) is 5.75 Å². The first-order chi connectivity index (χ1) is 7.76. The average Bonchev–Trinajstić information content (AvgIpc) is 2.17. The molecule has 1 rings (SSSR count). The van der Waals surface area contributed by atoms with Gasteiger partial charge in [0.2, 0.25) is 0 Å². The fourth-order valence-electron chi connectivity index (χ4n) is 1.07. The van der Waals surface area contributed by atoms with Crippen molar-refractivity contribution in [1.29, 1.82) is 0 Å². The van der Waals surface area contributed by atoms with Gasteiger partial charge in [-0.2, -0.15) is 0 Å². The molecule has 0 aliphatic carbocycles. The lowest BCUT2D eigenvalue weighted by molar-refractivity contribution is -0.275. The summed E-state index contributed by atoms with van der Waals surface area (Å²) in [5, 5.41) is 8.86. The number of carboxylic acids is 1. The van der Waals surface area contributed by atoms with Gasteiger partial charge in [-0.1, -0.05) is 0 Å². The Hall–Kier alpha value is -0.770. The summed E-state index contributed by atoms with van der Waals surface area (Å²) in [6.07, 6.45) is -4.13. The van der Waals surface area contributed by atoms with Crippen LogP contribution in [0, 0.1) is 3.70 Å². The topological polar surface area (TPSA) is 59.4 Å². The fraction of sp³-hybridized carbons (Fsp3) is 0.250. The van der Waals surface area contributed by atoms with Crippen LogP contribution in [0.1, 0.15) is 15.9 Å². The maximum Gasteiger partial charge on any atom is 0.573 e. The maximum atomic E-state index is 12.0. The number of carboxylic acid groups (broad SMARTS) is 1. The van der Waals surface area contributed by atoms with E-state index in [0.29, 0.717) is 0 Å². The van der Waals surface area contributed by atoms with E-state index in [1.165, 1.54) is 0 Å². The molecule has 0 amide bonds. The van der Waals surface area contributed by atoms with Crippen molar-refractivity contribution in [2.24, 2.45) is 0 Å². The molecule has 1 aromatic rings. The summed E-state index contributed by atoms with van der Waals surface area (Å²) in [6, 6.07) is 0. The molecule has 0 saturated carbocycles. The number of hydrogen-bond acceptors (Lipinski definition) is 3. The van der Waals surface area contributed by atoms with Gasteiger partial charge in [0.05, 0.1) is 17.6 Å². The number of pyridine rings is 1. The minimum Gasteiger partial charge on any atom is -0.478 e. The molecule has 94 valence electrons. The Morgan fingerprint density at radius 2 is 2.18 bits per heavy atom. The van der Waals surface area contributed by atoms with E-state index in [0.717, 1.165) is 6.20 Å². The fourth-order valence-corrected chi connectivity index (χ4v) is 2.03. The highest BCUT2D eigenvalue weighted by Gasteiger charge is 2.33. The molecule has 0 aliphatic rings. The van der Waals surface area contributed by atoms with Gasteiger partial charge >= 0.3 is 12.3 Å². The second-order valence-corrected chi connectivity index (χ2v) is 4.04. The van der Waals surface area contributed by atoms with Crippen LogP contribution in [0.15, 0.2) is 6.20 Å². The lowest BCUT2D eigenvalue weighted by atomic mass is 10.1. The van der Waals surface area contributed by atoms with Crippen molar-refractivity contribution >= 4 is 40.2 Å². The Bertz CT molecular complexity index is 452. The summed E-state index contributed by atoms with van der Waals surface area (Å²) in [6.45, 7) is 0. The Kier molecular flexibility index (Phi) is 4.42. The van der Waals surface area contributed by atoms with Gasteiger partial charge in [-0.15, -0.1) is 24.8 Å². The summed E-state index contributed by atoms with van der Waals surface area (Å²) < 4.78 is 39.8. The van der Waals surface area contributed by atoms with Gasteiger partial charge in [0, 0.05) is 5.56 Å². The third kappa shape index (κ3) is 3.60. The molecule has 0 fully saturated rings. The number of aromatic carboxylic acids is 1. The average molecular weight is 381 g/mol.